The van der Waals surface area contributed by atoms with E-state index in [-0.39, 0.29) is 11.1 Å². The lowest BCUT2D eigenvalue weighted by molar-refractivity contribution is -0.118. The summed E-state index contributed by atoms with van der Waals surface area (Å²) in [5, 5.41) is 8.68. The van der Waals surface area contributed by atoms with Crippen molar-refractivity contribution in [2.24, 2.45) is 5.73 Å². The molecule has 1 unspecified atom stereocenters. The Morgan fingerprint density at radius 1 is 1.88 bits per heavy atom. The monoisotopic (exact) mass is 131 g/mol. The van der Waals surface area contributed by atoms with Crippen LogP contribution in [0.15, 0.2) is 0 Å². The van der Waals surface area contributed by atoms with E-state index in [1.165, 1.54) is 0 Å². The van der Waals surface area contributed by atoms with Gasteiger partial charge in [0.1, 0.15) is 5.37 Å². The molecule has 0 bridgehead atoms. The molecule has 0 aliphatic carbocycles. The van der Waals surface area contributed by atoms with Crippen LogP contribution in [0.1, 0.15) is 0 Å². The van der Waals surface area contributed by atoms with Crippen LogP contribution in [0.4, 0.5) is 0 Å². The Bertz CT molecular complexity index is 145. The van der Waals surface area contributed by atoms with Gasteiger partial charge in [-0.1, -0.05) is 11.8 Å². The molecule has 4 nitrogen and oxygen atoms in total. The van der Waals surface area contributed by atoms with Crippen LogP contribution in [0.5, 0.6) is 0 Å². The number of rotatable bonds is 0. The van der Waals surface area contributed by atoms with E-state index in [9.17, 15) is 4.79 Å². The van der Waals surface area contributed by atoms with Gasteiger partial charge in [0.05, 0.1) is 0 Å². The first kappa shape index (κ1) is 5.58. The fourth-order valence-electron chi connectivity index (χ4n) is 0.393. The molecule has 44 valence electrons. The number of nitrogens with two attached hydrogens (primary N) is 1. The van der Waals surface area contributed by atoms with Crippen LogP contribution in [0.3, 0.4) is 0 Å². The fourth-order valence-corrected chi connectivity index (χ4v) is 0.972. The van der Waals surface area contributed by atoms with Gasteiger partial charge in [-0.2, -0.15) is 0 Å². The first-order chi connectivity index (χ1) is 3.70. The molecule has 5 heteroatoms. The van der Waals surface area contributed by atoms with Crippen LogP contribution in [-0.4, -0.2) is 16.4 Å². The number of hydrogen-bond donors (Lipinski definition) is 3. The summed E-state index contributed by atoms with van der Waals surface area (Å²) in [4.78, 5) is 10.4. The lowest BCUT2D eigenvalue weighted by atomic mass is 10.6. The number of amidine groups is 1. The van der Waals surface area contributed by atoms with Gasteiger partial charge in [0.2, 0.25) is 0 Å². The average molecular weight is 131 g/mol. The summed E-state index contributed by atoms with van der Waals surface area (Å²) in [6.07, 6.45) is 0. The van der Waals surface area contributed by atoms with Crippen molar-refractivity contribution in [1.29, 1.82) is 5.41 Å². The molecule has 1 aliphatic rings. The number of thioether (sulfide) groups is 1. The predicted octanol–water partition coefficient (Wildman–Crippen LogP) is -0.931. The van der Waals surface area contributed by atoms with Gasteiger partial charge in [-0.05, 0) is 0 Å². The van der Waals surface area contributed by atoms with Crippen molar-refractivity contribution < 1.29 is 4.79 Å². The van der Waals surface area contributed by atoms with Gasteiger partial charge in [0, 0.05) is 0 Å². The van der Waals surface area contributed by atoms with Gasteiger partial charge in [0.25, 0.3) is 5.91 Å². The van der Waals surface area contributed by atoms with Crippen molar-refractivity contribution in [1.82, 2.24) is 5.32 Å². The van der Waals surface area contributed by atoms with Crippen molar-refractivity contribution in [3.63, 3.8) is 0 Å². The normalized spacial score (nSPS) is 28.4. The van der Waals surface area contributed by atoms with Crippen LogP contribution in [-0.2, 0) is 4.79 Å². The van der Waals surface area contributed by atoms with Gasteiger partial charge >= 0.3 is 0 Å². The molecule has 8 heavy (non-hydrogen) atoms. The van der Waals surface area contributed by atoms with Crippen LogP contribution in [0.25, 0.3) is 0 Å². The number of hydrogen-bond acceptors (Lipinski definition) is 4. The summed E-state index contributed by atoms with van der Waals surface area (Å²) in [6.45, 7) is 0. The molecule has 4 N–H and O–H groups in total. The molecule has 1 aliphatic heterocycles. The molecule has 0 spiro atoms. The van der Waals surface area contributed by atoms with E-state index in [1.54, 1.807) is 0 Å². The van der Waals surface area contributed by atoms with Gasteiger partial charge in [-0.15, -0.1) is 0 Å². The SMILES string of the molecule is N=C1NC(=O)C(N)S1. The fraction of sp³-hybridized carbons (Fsp3) is 0.333. The van der Waals surface area contributed by atoms with E-state index in [0.29, 0.717) is 0 Å². The molecular weight excluding hydrogens is 126 g/mol. The Morgan fingerprint density at radius 2 is 2.50 bits per heavy atom. The van der Waals surface area contributed by atoms with E-state index in [4.69, 9.17) is 11.1 Å². The summed E-state index contributed by atoms with van der Waals surface area (Å²) < 4.78 is 0. The summed E-state index contributed by atoms with van der Waals surface area (Å²) >= 11 is 1.03. The van der Waals surface area contributed by atoms with E-state index in [1.807, 2.05) is 0 Å². The molecule has 1 atom stereocenters. The second kappa shape index (κ2) is 1.75. The van der Waals surface area contributed by atoms with E-state index in [0.717, 1.165) is 11.8 Å². The molecule has 0 radical (unpaired) electrons. The molecule has 0 aromatic rings. The first-order valence-electron chi connectivity index (χ1n) is 2.02. The molecule has 1 saturated heterocycles. The third-order valence-corrected chi connectivity index (χ3v) is 1.55. The minimum Gasteiger partial charge on any atom is -0.311 e. The Labute approximate surface area is 50.3 Å². The van der Waals surface area contributed by atoms with E-state index < -0.39 is 5.37 Å². The predicted molar refractivity (Wildman–Crippen MR) is 31.4 cm³/mol. The maximum Gasteiger partial charge on any atom is 0.253 e. The second-order valence-corrected chi connectivity index (χ2v) is 2.51. The summed E-state index contributed by atoms with van der Waals surface area (Å²) in [7, 11) is 0. The van der Waals surface area contributed by atoms with Crippen molar-refractivity contribution in [3.8, 4) is 0 Å². The van der Waals surface area contributed by atoms with Gasteiger partial charge in [-0.25, -0.2) is 0 Å². The summed E-state index contributed by atoms with van der Waals surface area (Å²) in [5.74, 6) is -0.278. The largest absolute Gasteiger partial charge is 0.311 e. The summed E-state index contributed by atoms with van der Waals surface area (Å²) in [6, 6.07) is 0. The van der Waals surface area contributed by atoms with Crippen molar-refractivity contribution in [2.75, 3.05) is 0 Å². The minimum absolute atomic E-state index is 0.141. The molecule has 0 aromatic carbocycles. The van der Waals surface area contributed by atoms with Gasteiger partial charge in [-0.3, -0.25) is 10.2 Å². The lowest BCUT2D eigenvalue weighted by Crippen LogP contribution is -2.29. The van der Waals surface area contributed by atoms with Crippen LogP contribution < -0.4 is 11.1 Å². The molecule has 1 heterocycles. The van der Waals surface area contributed by atoms with Crippen molar-refractivity contribution in [2.45, 2.75) is 5.37 Å². The summed E-state index contributed by atoms with van der Waals surface area (Å²) in [5.41, 5.74) is 5.18. The quantitative estimate of drug-likeness (QED) is 0.397. The highest BCUT2D eigenvalue weighted by Crippen LogP contribution is 2.11. The standard InChI is InChI=1S/C3H5N3OS/c4-1-2(7)6-3(5)8-1/h1H,4H2,(H2,5,6,7). The third-order valence-electron chi connectivity index (χ3n) is 0.740. The van der Waals surface area contributed by atoms with Gasteiger partial charge in [0.15, 0.2) is 5.17 Å². The molecule has 1 amide bonds. The van der Waals surface area contributed by atoms with Crippen LogP contribution in [0, 0.1) is 5.41 Å². The minimum atomic E-state index is -0.567. The van der Waals surface area contributed by atoms with E-state index >= 15 is 0 Å². The molecule has 1 fully saturated rings. The van der Waals surface area contributed by atoms with Crippen molar-refractivity contribution in [3.05, 3.63) is 0 Å². The maximum absolute atomic E-state index is 10.4. The zero-order valence-corrected chi connectivity index (χ0v) is 4.79. The molecule has 1 rings (SSSR count). The highest BCUT2D eigenvalue weighted by Gasteiger charge is 2.24. The van der Waals surface area contributed by atoms with Gasteiger partial charge < -0.3 is 11.1 Å². The maximum atomic E-state index is 10.4. The van der Waals surface area contributed by atoms with Crippen molar-refractivity contribution >= 4 is 22.8 Å². The molecular formula is C3H5N3OS. The lowest BCUT2D eigenvalue weighted by Gasteiger charge is -1.88. The zero-order chi connectivity index (χ0) is 6.15. The number of carbonyl (C=O) groups is 1. The Kier molecular flexibility index (Phi) is 1.22. The highest BCUT2D eigenvalue weighted by atomic mass is 32.2. The number of amides is 1. The topological polar surface area (TPSA) is 79.0 Å². The number of nitrogens with one attached hydrogen (secondary N) is 2. The molecule has 0 saturated carbocycles. The molecule has 0 aromatic heterocycles. The van der Waals surface area contributed by atoms with Crippen LogP contribution in [0.2, 0.25) is 0 Å². The number of carbonyl (C=O) groups excluding carboxylic acids is 1. The highest BCUT2D eigenvalue weighted by molar-refractivity contribution is 8.15. The zero-order valence-electron chi connectivity index (χ0n) is 3.97. The Balaban J connectivity index is 2.64. The smallest absolute Gasteiger partial charge is 0.253 e. The van der Waals surface area contributed by atoms with E-state index in [2.05, 4.69) is 5.32 Å². The van der Waals surface area contributed by atoms with Crippen LogP contribution >= 0.6 is 11.8 Å². The third kappa shape index (κ3) is 0.823. The average Bonchev–Trinajstić information content (AvgIpc) is 1.85. The Hall–Kier alpha value is -0.550. The Morgan fingerprint density at radius 3 is 2.62 bits per heavy atom. The first-order valence-corrected chi connectivity index (χ1v) is 2.90. The second-order valence-electron chi connectivity index (χ2n) is 1.36.